The Morgan fingerprint density at radius 3 is 2.32 bits per heavy atom. The Balaban J connectivity index is 2.42. The van der Waals surface area contributed by atoms with E-state index in [1.165, 1.54) is 6.07 Å². The largest absolute Gasteiger partial charge is 0.481 e. The summed E-state index contributed by atoms with van der Waals surface area (Å²) in [5.41, 5.74) is -0.930. The summed E-state index contributed by atoms with van der Waals surface area (Å²) in [5, 5.41) is 8.43. The van der Waals surface area contributed by atoms with E-state index >= 15 is 0 Å². The number of hydrogen-bond acceptors (Lipinski definition) is 1. The van der Waals surface area contributed by atoms with Crippen molar-refractivity contribution in [2.75, 3.05) is 0 Å². The number of rotatable bonds is 2. The molecule has 8 heteroatoms. The van der Waals surface area contributed by atoms with Crippen LogP contribution in [0.4, 0.5) is 13.2 Å². The highest BCUT2D eigenvalue weighted by atomic mass is 35.5. The second-order valence-electron chi connectivity index (χ2n) is 4.21. The van der Waals surface area contributed by atoms with Crippen LogP contribution in [0.1, 0.15) is 17.0 Å². The van der Waals surface area contributed by atoms with Crippen LogP contribution in [-0.4, -0.2) is 15.4 Å². The Labute approximate surface area is 121 Å². The first kappa shape index (κ1) is 14.8. The fourth-order valence-corrected chi connectivity index (χ4v) is 3.04. The summed E-state index contributed by atoms with van der Waals surface area (Å²) in [6.45, 7) is 0. The normalized spacial score (nSPS) is 25.2. The third-order valence-electron chi connectivity index (χ3n) is 2.97. The maximum atomic E-state index is 12.7. The maximum absolute atomic E-state index is 12.7. The number of benzene rings is 1. The summed E-state index contributed by atoms with van der Waals surface area (Å²) in [6.07, 6.45) is -4.62. The van der Waals surface area contributed by atoms with Gasteiger partial charge in [-0.05, 0) is 17.7 Å². The van der Waals surface area contributed by atoms with Crippen molar-refractivity contribution < 1.29 is 23.1 Å². The fourth-order valence-electron chi connectivity index (χ4n) is 2.00. The summed E-state index contributed by atoms with van der Waals surface area (Å²) >= 11 is 17.0. The molecule has 0 spiro atoms. The van der Waals surface area contributed by atoms with Crippen LogP contribution in [0.25, 0.3) is 0 Å². The highest BCUT2D eigenvalue weighted by Crippen LogP contribution is 2.65. The average Bonchev–Trinajstić information content (AvgIpc) is 2.80. The van der Waals surface area contributed by atoms with Gasteiger partial charge in [-0.3, -0.25) is 4.79 Å². The molecular weight excluding hydrogens is 327 g/mol. The lowest BCUT2D eigenvalue weighted by Crippen LogP contribution is -2.07. The van der Waals surface area contributed by atoms with E-state index in [9.17, 15) is 18.0 Å². The summed E-state index contributed by atoms with van der Waals surface area (Å²) < 4.78 is 36.5. The summed E-state index contributed by atoms with van der Waals surface area (Å²) in [7, 11) is 0. The van der Waals surface area contributed by atoms with E-state index in [4.69, 9.17) is 39.9 Å². The molecule has 2 rings (SSSR count). The number of carbonyl (C=O) groups is 1. The minimum atomic E-state index is -4.62. The quantitative estimate of drug-likeness (QED) is 0.818. The van der Waals surface area contributed by atoms with Crippen molar-refractivity contribution in [3.8, 4) is 0 Å². The maximum Gasteiger partial charge on any atom is 0.417 e. The number of carboxylic acids is 1. The lowest BCUT2D eigenvalue weighted by molar-refractivity contribution is -0.138. The van der Waals surface area contributed by atoms with E-state index in [-0.39, 0.29) is 5.56 Å². The van der Waals surface area contributed by atoms with Crippen LogP contribution in [0.2, 0.25) is 5.02 Å². The second kappa shape index (κ2) is 4.43. The number of hydrogen-bond donors (Lipinski definition) is 1. The van der Waals surface area contributed by atoms with Crippen molar-refractivity contribution in [3.63, 3.8) is 0 Å². The molecular formula is C11H6Cl3F3O2. The lowest BCUT2D eigenvalue weighted by Gasteiger charge is -2.11. The van der Waals surface area contributed by atoms with Crippen LogP contribution >= 0.6 is 34.8 Å². The van der Waals surface area contributed by atoms with Gasteiger partial charge in [-0.25, -0.2) is 0 Å². The van der Waals surface area contributed by atoms with Crippen LogP contribution in [0.5, 0.6) is 0 Å². The highest BCUT2D eigenvalue weighted by molar-refractivity contribution is 6.53. The van der Waals surface area contributed by atoms with Crippen molar-refractivity contribution in [3.05, 3.63) is 34.3 Å². The van der Waals surface area contributed by atoms with E-state index in [0.29, 0.717) is 0 Å². The van der Waals surface area contributed by atoms with Crippen LogP contribution in [-0.2, 0) is 11.0 Å². The lowest BCUT2D eigenvalue weighted by atomic mass is 10.1. The van der Waals surface area contributed by atoms with Gasteiger partial charge in [-0.1, -0.05) is 40.9 Å². The fraction of sp³-hybridized carbons (Fsp3) is 0.364. The van der Waals surface area contributed by atoms with E-state index in [0.717, 1.165) is 12.1 Å². The van der Waals surface area contributed by atoms with Gasteiger partial charge in [-0.15, -0.1) is 0 Å². The summed E-state index contributed by atoms with van der Waals surface area (Å²) in [4.78, 5) is 10.9. The van der Waals surface area contributed by atoms with Gasteiger partial charge in [-0.2, -0.15) is 13.2 Å². The van der Waals surface area contributed by atoms with Gasteiger partial charge in [0.15, 0.2) is 0 Å². The van der Waals surface area contributed by atoms with E-state index in [1.807, 2.05) is 0 Å². The van der Waals surface area contributed by atoms with Gasteiger partial charge in [0.1, 0.15) is 4.33 Å². The molecule has 1 saturated carbocycles. The second-order valence-corrected chi connectivity index (χ2v) is 6.06. The van der Waals surface area contributed by atoms with Crippen LogP contribution < -0.4 is 0 Å². The number of aliphatic carboxylic acids is 1. The highest BCUT2D eigenvalue weighted by Gasteiger charge is 2.68. The molecule has 19 heavy (non-hydrogen) atoms. The molecule has 0 radical (unpaired) electrons. The zero-order chi connectivity index (χ0) is 14.6. The molecule has 0 amide bonds. The molecule has 0 aliphatic heterocycles. The Morgan fingerprint density at radius 1 is 1.32 bits per heavy atom. The topological polar surface area (TPSA) is 37.3 Å². The van der Waals surface area contributed by atoms with Crippen molar-refractivity contribution in [2.24, 2.45) is 5.92 Å². The zero-order valence-corrected chi connectivity index (χ0v) is 11.3. The first-order chi connectivity index (χ1) is 8.56. The van der Waals surface area contributed by atoms with Gasteiger partial charge < -0.3 is 5.11 Å². The molecule has 2 atom stereocenters. The summed E-state index contributed by atoms with van der Waals surface area (Å²) in [5.74, 6) is -3.26. The molecule has 0 saturated heterocycles. The standard InChI is InChI=1S/C11H6Cl3F3O2/c12-6-2-1-4(3-5(6)11(15,16)17)7-8(9(18)19)10(7,13)14/h1-3,7-8H,(H,18,19). The number of alkyl halides is 5. The van der Waals surface area contributed by atoms with E-state index in [1.54, 1.807) is 0 Å². The Bertz CT molecular complexity index is 542. The molecule has 1 aromatic carbocycles. The molecule has 2 nitrogen and oxygen atoms in total. The minimum Gasteiger partial charge on any atom is -0.481 e. The molecule has 1 N–H and O–H groups in total. The molecule has 104 valence electrons. The van der Waals surface area contributed by atoms with Crippen LogP contribution in [0.15, 0.2) is 18.2 Å². The van der Waals surface area contributed by atoms with Gasteiger partial charge in [0.05, 0.1) is 16.5 Å². The Morgan fingerprint density at radius 2 is 1.89 bits per heavy atom. The Hall–Kier alpha value is -0.650. The van der Waals surface area contributed by atoms with E-state index < -0.39 is 38.9 Å². The van der Waals surface area contributed by atoms with Crippen LogP contribution in [0.3, 0.4) is 0 Å². The number of halogens is 6. The van der Waals surface area contributed by atoms with Crippen molar-refractivity contribution in [2.45, 2.75) is 16.4 Å². The molecule has 1 aliphatic rings. The van der Waals surface area contributed by atoms with Crippen LogP contribution in [0, 0.1) is 5.92 Å². The van der Waals surface area contributed by atoms with Gasteiger partial charge in [0, 0.05) is 5.92 Å². The van der Waals surface area contributed by atoms with Crippen molar-refractivity contribution >= 4 is 40.8 Å². The predicted octanol–water partition coefficient (Wildman–Crippen LogP) is 4.33. The molecule has 1 fully saturated rings. The molecule has 0 bridgehead atoms. The van der Waals surface area contributed by atoms with Gasteiger partial charge >= 0.3 is 12.1 Å². The molecule has 1 aliphatic carbocycles. The SMILES string of the molecule is O=C(O)C1C(c2ccc(Cl)c(C(F)(F)F)c2)C1(Cl)Cl. The molecule has 0 heterocycles. The van der Waals surface area contributed by atoms with Gasteiger partial charge in [0.25, 0.3) is 0 Å². The number of carboxylic acid groups (broad SMARTS) is 1. The molecule has 1 aromatic rings. The zero-order valence-electron chi connectivity index (χ0n) is 9.01. The van der Waals surface area contributed by atoms with E-state index in [2.05, 4.69) is 0 Å². The first-order valence-corrected chi connectivity index (χ1v) is 6.17. The third kappa shape index (κ3) is 2.51. The smallest absolute Gasteiger partial charge is 0.417 e. The van der Waals surface area contributed by atoms with Crippen molar-refractivity contribution in [1.29, 1.82) is 0 Å². The average molecular weight is 334 g/mol. The monoisotopic (exact) mass is 332 g/mol. The predicted molar refractivity (Wildman–Crippen MR) is 64.8 cm³/mol. The minimum absolute atomic E-state index is 0.106. The van der Waals surface area contributed by atoms with Gasteiger partial charge in [0.2, 0.25) is 0 Å². The molecule has 0 aromatic heterocycles. The first-order valence-electron chi connectivity index (χ1n) is 5.04. The van der Waals surface area contributed by atoms with Crippen molar-refractivity contribution in [1.82, 2.24) is 0 Å². The molecule has 2 unspecified atom stereocenters. The Kier molecular flexibility index (Phi) is 3.44. The third-order valence-corrected chi connectivity index (χ3v) is 4.24. The summed E-state index contributed by atoms with van der Waals surface area (Å²) in [6, 6.07) is 3.14.